The van der Waals surface area contributed by atoms with Crippen molar-refractivity contribution in [1.29, 1.82) is 0 Å². The molecule has 2 aromatic rings. The predicted octanol–water partition coefficient (Wildman–Crippen LogP) is 3.61. The summed E-state index contributed by atoms with van der Waals surface area (Å²) < 4.78 is 0. The summed E-state index contributed by atoms with van der Waals surface area (Å²) in [6, 6.07) is 11.2. The summed E-state index contributed by atoms with van der Waals surface area (Å²) in [6.45, 7) is 0. The molecule has 0 atom stereocenters. The van der Waals surface area contributed by atoms with Crippen molar-refractivity contribution >= 4 is 35.0 Å². The van der Waals surface area contributed by atoms with Gasteiger partial charge in [-0.25, -0.2) is 0 Å². The number of anilines is 1. The van der Waals surface area contributed by atoms with E-state index in [-0.39, 0.29) is 5.91 Å². The van der Waals surface area contributed by atoms with E-state index in [0.29, 0.717) is 5.75 Å². The zero-order valence-corrected chi connectivity index (χ0v) is 11.7. The Morgan fingerprint density at radius 2 is 2.05 bits per heavy atom. The van der Waals surface area contributed by atoms with Crippen molar-refractivity contribution in [2.45, 2.75) is 5.75 Å². The first-order chi connectivity index (χ1) is 9.24. The third-order valence-corrected chi connectivity index (χ3v) is 3.59. The summed E-state index contributed by atoms with van der Waals surface area (Å²) in [5.41, 5.74) is 1.89. The molecule has 3 nitrogen and oxygen atoms in total. The highest BCUT2D eigenvalue weighted by molar-refractivity contribution is 7.99. The highest BCUT2D eigenvalue weighted by Crippen LogP contribution is 2.16. The van der Waals surface area contributed by atoms with Crippen molar-refractivity contribution in [1.82, 2.24) is 4.98 Å². The summed E-state index contributed by atoms with van der Waals surface area (Å²) in [5.74, 6) is 1.16. The van der Waals surface area contributed by atoms with E-state index in [4.69, 9.17) is 11.6 Å². The highest BCUT2D eigenvalue weighted by Gasteiger charge is 2.03. The van der Waals surface area contributed by atoms with Crippen LogP contribution in [0.25, 0.3) is 0 Å². The largest absolute Gasteiger partial charge is 0.325 e. The summed E-state index contributed by atoms with van der Waals surface area (Å²) >= 11 is 7.46. The molecule has 98 valence electrons. The Balaban J connectivity index is 1.75. The number of hydrogen-bond acceptors (Lipinski definition) is 3. The third kappa shape index (κ3) is 4.93. The molecule has 1 N–H and O–H groups in total. The lowest BCUT2D eigenvalue weighted by molar-refractivity contribution is -0.113. The number of hydrogen-bond donors (Lipinski definition) is 1. The summed E-state index contributed by atoms with van der Waals surface area (Å²) in [7, 11) is 0. The fraction of sp³-hybridized carbons (Fsp3) is 0.143. The molecule has 0 radical (unpaired) electrons. The van der Waals surface area contributed by atoms with Crippen LogP contribution in [-0.2, 0) is 10.5 Å². The topological polar surface area (TPSA) is 42.0 Å². The minimum absolute atomic E-state index is 0.0155. The van der Waals surface area contributed by atoms with E-state index >= 15 is 0 Å². The summed E-state index contributed by atoms with van der Waals surface area (Å²) in [6.07, 6.45) is 3.30. The van der Waals surface area contributed by atoms with E-state index in [1.165, 1.54) is 0 Å². The smallest absolute Gasteiger partial charge is 0.234 e. The number of carbonyl (C=O) groups excluding carboxylic acids is 1. The van der Waals surface area contributed by atoms with Gasteiger partial charge in [0.05, 0.1) is 5.75 Å². The van der Waals surface area contributed by atoms with Gasteiger partial charge in [-0.15, -0.1) is 11.8 Å². The molecule has 19 heavy (non-hydrogen) atoms. The lowest BCUT2D eigenvalue weighted by Crippen LogP contribution is -2.14. The standard InChI is InChI=1S/C14H13ClN2OS/c15-12-3-1-2-11(8-12)9-19-10-14(18)17-13-4-6-16-7-5-13/h1-8H,9-10H2,(H,16,17,18). The molecular formula is C14H13ClN2OS. The fourth-order valence-electron chi connectivity index (χ4n) is 1.52. The number of benzene rings is 1. The van der Waals surface area contributed by atoms with Gasteiger partial charge in [0.1, 0.15) is 0 Å². The molecule has 2 rings (SSSR count). The highest BCUT2D eigenvalue weighted by atomic mass is 35.5. The van der Waals surface area contributed by atoms with Crippen molar-refractivity contribution in [3.63, 3.8) is 0 Å². The lowest BCUT2D eigenvalue weighted by atomic mass is 10.2. The molecule has 0 aliphatic rings. The van der Waals surface area contributed by atoms with Crippen LogP contribution in [0.4, 0.5) is 5.69 Å². The Morgan fingerprint density at radius 3 is 2.79 bits per heavy atom. The van der Waals surface area contributed by atoms with E-state index in [9.17, 15) is 4.79 Å². The van der Waals surface area contributed by atoms with Gasteiger partial charge in [-0.1, -0.05) is 23.7 Å². The average molecular weight is 293 g/mol. The molecule has 0 unspecified atom stereocenters. The Hall–Kier alpha value is -1.52. The Bertz CT molecular complexity index is 548. The van der Waals surface area contributed by atoms with Gasteiger partial charge < -0.3 is 5.32 Å². The molecule has 0 saturated heterocycles. The summed E-state index contributed by atoms with van der Waals surface area (Å²) in [4.78, 5) is 15.6. The van der Waals surface area contributed by atoms with Crippen molar-refractivity contribution in [3.8, 4) is 0 Å². The average Bonchev–Trinajstić information content (AvgIpc) is 2.40. The number of pyridine rings is 1. The van der Waals surface area contributed by atoms with Crippen LogP contribution in [0.5, 0.6) is 0 Å². The molecule has 0 spiro atoms. The zero-order valence-electron chi connectivity index (χ0n) is 10.2. The second-order valence-electron chi connectivity index (χ2n) is 3.91. The number of aromatic nitrogens is 1. The lowest BCUT2D eigenvalue weighted by Gasteiger charge is -2.05. The molecule has 1 aromatic heterocycles. The molecule has 1 aromatic carbocycles. The fourth-order valence-corrected chi connectivity index (χ4v) is 2.51. The Morgan fingerprint density at radius 1 is 1.26 bits per heavy atom. The normalized spacial score (nSPS) is 10.2. The zero-order chi connectivity index (χ0) is 13.5. The maximum Gasteiger partial charge on any atom is 0.234 e. The van der Waals surface area contributed by atoms with Crippen LogP contribution in [0.15, 0.2) is 48.8 Å². The van der Waals surface area contributed by atoms with Crippen molar-refractivity contribution in [2.24, 2.45) is 0 Å². The van der Waals surface area contributed by atoms with E-state index in [2.05, 4.69) is 10.3 Å². The van der Waals surface area contributed by atoms with E-state index in [1.807, 2.05) is 24.3 Å². The first-order valence-electron chi connectivity index (χ1n) is 5.76. The molecule has 1 heterocycles. The maximum absolute atomic E-state index is 11.7. The first-order valence-corrected chi connectivity index (χ1v) is 7.29. The number of nitrogens with one attached hydrogen (secondary N) is 1. The second kappa shape index (κ2) is 7.16. The van der Waals surface area contributed by atoms with Gasteiger partial charge in [0.2, 0.25) is 5.91 Å². The van der Waals surface area contributed by atoms with Crippen molar-refractivity contribution in [2.75, 3.05) is 11.1 Å². The van der Waals surface area contributed by atoms with Crippen LogP contribution in [0, 0.1) is 0 Å². The van der Waals surface area contributed by atoms with Crippen LogP contribution in [0.3, 0.4) is 0 Å². The second-order valence-corrected chi connectivity index (χ2v) is 5.33. The van der Waals surface area contributed by atoms with E-state index < -0.39 is 0 Å². The van der Waals surface area contributed by atoms with Crippen LogP contribution >= 0.6 is 23.4 Å². The van der Waals surface area contributed by atoms with Gasteiger partial charge in [-0.2, -0.15) is 0 Å². The number of nitrogens with zero attached hydrogens (tertiary/aromatic N) is 1. The predicted molar refractivity (Wildman–Crippen MR) is 80.5 cm³/mol. The van der Waals surface area contributed by atoms with Crippen LogP contribution < -0.4 is 5.32 Å². The quantitative estimate of drug-likeness (QED) is 0.915. The Labute approximate surface area is 121 Å². The number of rotatable bonds is 5. The van der Waals surface area contributed by atoms with Crippen LogP contribution in [0.2, 0.25) is 5.02 Å². The number of halogens is 1. The van der Waals surface area contributed by atoms with E-state index in [0.717, 1.165) is 22.0 Å². The molecule has 1 amide bonds. The van der Waals surface area contributed by atoms with Gasteiger partial charge in [-0.3, -0.25) is 9.78 Å². The molecule has 0 fully saturated rings. The molecule has 0 saturated carbocycles. The van der Waals surface area contributed by atoms with Crippen LogP contribution in [0.1, 0.15) is 5.56 Å². The Kier molecular flexibility index (Phi) is 5.24. The van der Waals surface area contributed by atoms with Gasteiger partial charge in [-0.05, 0) is 29.8 Å². The van der Waals surface area contributed by atoms with Crippen molar-refractivity contribution < 1.29 is 4.79 Å². The SMILES string of the molecule is O=C(CSCc1cccc(Cl)c1)Nc1ccncc1. The number of carbonyl (C=O) groups is 1. The number of thioether (sulfide) groups is 1. The van der Waals surface area contributed by atoms with Gasteiger partial charge >= 0.3 is 0 Å². The summed E-state index contributed by atoms with van der Waals surface area (Å²) in [5, 5.41) is 3.54. The van der Waals surface area contributed by atoms with E-state index in [1.54, 1.807) is 36.3 Å². The maximum atomic E-state index is 11.7. The third-order valence-electron chi connectivity index (χ3n) is 2.35. The minimum atomic E-state index is -0.0155. The molecule has 5 heteroatoms. The monoisotopic (exact) mass is 292 g/mol. The molecular weight excluding hydrogens is 280 g/mol. The molecule has 0 bridgehead atoms. The first kappa shape index (κ1) is 13.9. The molecule has 0 aliphatic carbocycles. The number of amides is 1. The van der Waals surface area contributed by atoms with Gasteiger partial charge in [0.25, 0.3) is 0 Å². The minimum Gasteiger partial charge on any atom is -0.325 e. The van der Waals surface area contributed by atoms with Crippen molar-refractivity contribution in [3.05, 3.63) is 59.4 Å². The van der Waals surface area contributed by atoms with Crippen LogP contribution in [-0.4, -0.2) is 16.6 Å². The molecule has 0 aliphatic heterocycles. The van der Waals surface area contributed by atoms with Gasteiger partial charge in [0, 0.05) is 28.9 Å². The van der Waals surface area contributed by atoms with Gasteiger partial charge in [0.15, 0.2) is 0 Å².